The molecule has 0 bridgehead atoms. The van der Waals surface area contributed by atoms with Gasteiger partial charge in [0.25, 0.3) is 0 Å². The first-order valence-electron chi connectivity index (χ1n) is 7.45. The van der Waals surface area contributed by atoms with E-state index in [0.717, 1.165) is 29.0 Å². The molecule has 4 nitrogen and oxygen atoms in total. The van der Waals surface area contributed by atoms with Crippen molar-refractivity contribution in [2.75, 3.05) is 7.11 Å². The molecule has 0 radical (unpaired) electrons. The molecule has 0 fully saturated rings. The van der Waals surface area contributed by atoms with Gasteiger partial charge >= 0.3 is 0 Å². The molecule has 0 amide bonds. The van der Waals surface area contributed by atoms with Gasteiger partial charge in [-0.2, -0.15) is 5.10 Å². The number of benzene rings is 2. The Bertz CT molecular complexity index is 738. The van der Waals surface area contributed by atoms with Crippen molar-refractivity contribution in [2.24, 2.45) is 10.8 Å². The van der Waals surface area contributed by atoms with Gasteiger partial charge in [-0.25, -0.2) is 5.01 Å². The molecule has 1 heterocycles. The molecule has 5 heteroatoms. The molecule has 2 N–H and O–H groups in total. The van der Waals surface area contributed by atoms with Crippen LogP contribution >= 0.6 is 12.2 Å². The third-order valence-corrected chi connectivity index (χ3v) is 4.21. The van der Waals surface area contributed by atoms with Gasteiger partial charge in [-0.05, 0) is 42.4 Å². The van der Waals surface area contributed by atoms with Crippen molar-refractivity contribution in [2.45, 2.75) is 19.4 Å². The van der Waals surface area contributed by atoms with Gasteiger partial charge in [0.1, 0.15) is 5.75 Å². The number of ether oxygens (including phenoxy) is 1. The lowest BCUT2D eigenvalue weighted by Crippen LogP contribution is -2.31. The van der Waals surface area contributed by atoms with E-state index in [2.05, 4.69) is 36.3 Å². The van der Waals surface area contributed by atoms with E-state index < -0.39 is 0 Å². The minimum absolute atomic E-state index is 0.0229. The van der Waals surface area contributed by atoms with Crippen LogP contribution in [0, 0.1) is 6.92 Å². The standard InChI is InChI=1S/C18H19N3OS/c1-12-3-5-13(6-4-12)16-11-17(21(20-16)18(19)23)14-7-9-15(22-2)10-8-14/h3-10,17H,11H2,1-2H3,(H2,19,23)/t17-/m1/s1. The fourth-order valence-corrected chi connectivity index (χ4v) is 2.89. The quantitative estimate of drug-likeness (QED) is 0.879. The number of hydrazone groups is 1. The van der Waals surface area contributed by atoms with Gasteiger partial charge in [-0.3, -0.25) is 0 Å². The number of aryl methyl sites for hydroxylation is 1. The molecule has 0 spiro atoms. The van der Waals surface area contributed by atoms with Crippen LogP contribution in [0.1, 0.15) is 29.2 Å². The highest BCUT2D eigenvalue weighted by Crippen LogP contribution is 2.33. The van der Waals surface area contributed by atoms with Crippen molar-refractivity contribution in [3.63, 3.8) is 0 Å². The van der Waals surface area contributed by atoms with Gasteiger partial charge in [-0.15, -0.1) is 0 Å². The second-order valence-electron chi connectivity index (χ2n) is 5.59. The third kappa shape index (κ3) is 3.19. The zero-order valence-electron chi connectivity index (χ0n) is 13.2. The van der Waals surface area contributed by atoms with Gasteiger partial charge < -0.3 is 10.5 Å². The highest BCUT2D eigenvalue weighted by atomic mass is 32.1. The van der Waals surface area contributed by atoms with E-state index in [9.17, 15) is 0 Å². The van der Waals surface area contributed by atoms with Gasteiger partial charge in [-0.1, -0.05) is 42.0 Å². The Hall–Kier alpha value is -2.40. The van der Waals surface area contributed by atoms with E-state index in [1.54, 1.807) is 12.1 Å². The lowest BCUT2D eigenvalue weighted by atomic mass is 9.98. The summed E-state index contributed by atoms with van der Waals surface area (Å²) in [4.78, 5) is 0. The van der Waals surface area contributed by atoms with E-state index >= 15 is 0 Å². The van der Waals surface area contributed by atoms with Crippen molar-refractivity contribution in [3.8, 4) is 5.75 Å². The van der Waals surface area contributed by atoms with Crippen LogP contribution in [0.15, 0.2) is 53.6 Å². The van der Waals surface area contributed by atoms with Crippen molar-refractivity contribution in [1.29, 1.82) is 0 Å². The van der Waals surface area contributed by atoms with Crippen LogP contribution in [0.5, 0.6) is 5.75 Å². The predicted octanol–water partition coefficient (Wildman–Crippen LogP) is 3.40. The monoisotopic (exact) mass is 325 g/mol. The normalized spacial score (nSPS) is 17.0. The maximum atomic E-state index is 5.87. The van der Waals surface area contributed by atoms with Crippen LogP contribution < -0.4 is 10.5 Å². The Morgan fingerprint density at radius 2 is 1.83 bits per heavy atom. The summed E-state index contributed by atoms with van der Waals surface area (Å²) in [5, 5.41) is 6.65. The van der Waals surface area contributed by atoms with E-state index in [1.165, 1.54) is 5.56 Å². The summed E-state index contributed by atoms with van der Waals surface area (Å²) in [6.07, 6.45) is 0.771. The molecular weight excluding hydrogens is 306 g/mol. The number of thiocarbonyl (C=S) groups is 1. The van der Waals surface area contributed by atoms with Crippen LogP contribution in [0.4, 0.5) is 0 Å². The first-order valence-corrected chi connectivity index (χ1v) is 7.86. The minimum Gasteiger partial charge on any atom is -0.497 e. The first kappa shape index (κ1) is 15.5. The zero-order chi connectivity index (χ0) is 16.4. The largest absolute Gasteiger partial charge is 0.497 e. The molecule has 2 aromatic rings. The summed E-state index contributed by atoms with van der Waals surface area (Å²) in [5.74, 6) is 0.827. The topological polar surface area (TPSA) is 50.8 Å². The Morgan fingerprint density at radius 1 is 1.17 bits per heavy atom. The summed E-state index contributed by atoms with van der Waals surface area (Å²) in [7, 11) is 1.66. The molecule has 1 aliphatic rings. The van der Waals surface area contributed by atoms with Crippen LogP contribution in [0.3, 0.4) is 0 Å². The Labute approximate surface area is 141 Å². The van der Waals surface area contributed by atoms with E-state index in [-0.39, 0.29) is 11.2 Å². The lowest BCUT2D eigenvalue weighted by molar-refractivity contribution is 0.371. The van der Waals surface area contributed by atoms with Crippen molar-refractivity contribution >= 4 is 23.0 Å². The number of methoxy groups -OCH3 is 1. The highest BCUT2D eigenvalue weighted by molar-refractivity contribution is 7.80. The number of nitrogens with two attached hydrogens (primary N) is 1. The van der Waals surface area contributed by atoms with Gasteiger partial charge in [0.2, 0.25) is 0 Å². The molecule has 2 aromatic carbocycles. The van der Waals surface area contributed by atoms with Crippen LogP contribution in [0.2, 0.25) is 0 Å². The van der Waals surface area contributed by atoms with Crippen LogP contribution in [0.25, 0.3) is 0 Å². The van der Waals surface area contributed by atoms with Crippen molar-refractivity contribution < 1.29 is 4.74 Å². The van der Waals surface area contributed by atoms with E-state index in [0.29, 0.717) is 0 Å². The van der Waals surface area contributed by atoms with Crippen LogP contribution in [-0.4, -0.2) is 22.9 Å². The molecule has 0 unspecified atom stereocenters. The van der Waals surface area contributed by atoms with Crippen molar-refractivity contribution in [3.05, 3.63) is 65.2 Å². The maximum absolute atomic E-state index is 5.87. The molecule has 118 valence electrons. The summed E-state index contributed by atoms with van der Waals surface area (Å²) in [6, 6.07) is 16.3. The molecule has 0 saturated carbocycles. The highest BCUT2D eigenvalue weighted by Gasteiger charge is 2.30. The number of nitrogens with zero attached hydrogens (tertiary/aromatic N) is 2. The SMILES string of the molecule is COc1ccc([C@H]2CC(c3ccc(C)cc3)=NN2C(N)=S)cc1. The molecule has 0 saturated heterocycles. The lowest BCUT2D eigenvalue weighted by Gasteiger charge is -2.22. The summed E-state index contributed by atoms with van der Waals surface area (Å²) in [5.41, 5.74) is 10.3. The smallest absolute Gasteiger partial charge is 0.187 e. The Kier molecular flexibility index (Phi) is 4.30. The third-order valence-electron chi connectivity index (χ3n) is 4.02. The molecule has 23 heavy (non-hydrogen) atoms. The summed E-state index contributed by atoms with van der Waals surface area (Å²) >= 11 is 5.18. The van der Waals surface area contributed by atoms with Crippen LogP contribution in [-0.2, 0) is 0 Å². The maximum Gasteiger partial charge on any atom is 0.187 e. The van der Waals surface area contributed by atoms with Gasteiger partial charge in [0.15, 0.2) is 5.11 Å². The van der Waals surface area contributed by atoms with Crippen molar-refractivity contribution in [1.82, 2.24) is 5.01 Å². The fourth-order valence-electron chi connectivity index (χ4n) is 2.72. The molecule has 3 rings (SSSR count). The Morgan fingerprint density at radius 3 is 2.39 bits per heavy atom. The molecular formula is C18H19N3OS. The number of hydrogen-bond acceptors (Lipinski definition) is 3. The average Bonchev–Trinajstić information content (AvgIpc) is 3.01. The zero-order valence-corrected chi connectivity index (χ0v) is 14.0. The summed E-state index contributed by atoms with van der Waals surface area (Å²) in [6.45, 7) is 2.07. The van der Waals surface area contributed by atoms with Gasteiger partial charge in [0, 0.05) is 6.42 Å². The second-order valence-corrected chi connectivity index (χ2v) is 6.01. The summed E-state index contributed by atoms with van der Waals surface area (Å²) < 4.78 is 5.22. The fraction of sp³-hybridized carbons (Fsp3) is 0.222. The average molecular weight is 325 g/mol. The second kappa shape index (κ2) is 6.38. The minimum atomic E-state index is 0.0229. The Balaban J connectivity index is 1.90. The van der Waals surface area contributed by atoms with E-state index in [4.69, 9.17) is 22.7 Å². The molecule has 0 aromatic heterocycles. The molecule has 1 atom stereocenters. The van der Waals surface area contributed by atoms with Gasteiger partial charge in [0.05, 0.1) is 18.9 Å². The van der Waals surface area contributed by atoms with E-state index in [1.807, 2.05) is 24.3 Å². The number of rotatable bonds is 3. The number of hydrogen-bond donors (Lipinski definition) is 1. The predicted molar refractivity (Wildman–Crippen MR) is 96.7 cm³/mol. The first-order chi connectivity index (χ1) is 11.1. The molecule has 1 aliphatic heterocycles. The molecule has 0 aliphatic carbocycles.